The van der Waals surface area contributed by atoms with Gasteiger partial charge in [-0.25, -0.2) is 4.98 Å². The first kappa shape index (κ1) is 16.6. The zero-order chi connectivity index (χ0) is 17.3. The Morgan fingerprint density at radius 2 is 2.08 bits per heavy atom. The summed E-state index contributed by atoms with van der Waals surface area (Å²) < 4.78 is 1.91. The molecular weight excluding hydrogens is 314 g/mol. The monoisotopic (exact) mass is 341 g/mol. The molecular formula is C20H27N3O2. The zero-order valence-electron chi connectivity index (χ0n) is 14.7. The van der Waals surface area contributed by atoms with Crippen LogP contribution in [0.2, 0.25) is 0 Å². The molecule has 5 heteroatoms. The largest absolute Gasteiger partial charge is 0.390 e. The van der Waals surface area contributed by atoms with E-state index in [9.17, 15) is 9.90 Å². The molecule has 1 unspecified atom stereocenters. The third-order valence-electron chi connectivity index (χ3n) is 5.92. The number of aliphatic hydroxyl groups is 1. The van der Waals surface area contributed by atoms with Gasteiger partial charge in [0, 0.05) is 24.3 Å². The molecule has 0 aromatic carbocycles. The third-order valence-corrected chi connectivity index (χ3v) is 5.92. The van der Waals surface area contributed by atoms with Gasteiger partial charge in [0.25, 0.3) is 5.91 Å². The molecule has 25 heavy (non-hydrogen) atoms. The van der Waals surface area contributed by atoms with Crippen molar-refractivity contribution < 1.29 is 9.90 Å². The van der Waals surface area contributed by atoms with Gasteiger partial charge < -0.3 is 14.4 Å². The van der Waals surface area contributed by atoms with Gasteiger partial charge in [-0.15, -0.1) is 0 Å². The van der Waals surface area contributed by atoms with Crippen molar-refractivity contribution in [2.24, 2.45) is 0 Å². The highest BCUT2D eigenvalue weighted by Gasteiger charge is 2.37. The van der Waals surface area contributed by atoms with Crippen LogP contribution in [0.1, 0.15) is 68.3 Å². The summed E-state index contributed by atoms with van der Waals surface area (Å²) in [5.74, 6) is 0.00723. The summed E-state index contributed by atoms with van der Waals surface area (Å²) >= 11 is 0. The van der Waals surface area contributed by atoms with Crippen molar-refractivity contribution in [3.63, 3.8) is 0 Å². The van der Waals surface area contributed by atoms with Gasteiger partial charge >= 0.3 is 0 Å². The maximum atomic E-state index is 13.1. The number of rotatable bonds is 3. The average Bonchev–Trinajstić information content (AvgIpc) is 3.09. The number of amides is 1. The Morgan fingerprint density at radius 1 is 1.24 bits per heavy atom. The minimum atomic E-state index is -0.586. The number of aromatic nitrogens is 2. The summed E-state index contributed by atoms with van der Waals surface area (Å²) in [6, 6.07) is 5.93. The molecule has 2 aromatic rings. The quantitative estimate of drug-likeness (QED) is 0.931. The van der Waals surface area contributed by atoms with E-state index in [0.29, 0.717) is 12.1 Å². The molecule has 2 aliphatic rings. The molecule has 134 valence electrons. The number of nitrogens with zero attached hydrogens (tertiary/aromatic N) is 3. The van der Waals surface area contributed by atoms with Crippen LogP contribution in [0.4, 0.5) is 0 Å². The van der Waals surface area contributed by atoms with Crippen molar-refractivity contribution in [1.82, 2.24) is 14.3 Å². The SMILES string of the molecule is O=C(c1cc2cccn2cn1)N1CCCCC1CC1(O)CCCCC1. The minimum absolute atomic E-state index is 0.00723. The van der Waals surface area contributed by atoms with E-state index < -0.39 is 5.60 Å². The third kappa shape index (κ3) is 3.43. The van der Waals surface area contributed by atoms with E-state index in [2.05, 4.69) is 4.98 Å². The van der Waals surface area contributed by atoms with Gasteiger partial charge in [-0.05, 0) is 56.7 Å². The van der Waals surface area contributed by atoms with Crippen molar-refractivity contribution in [2.75, 3.05) is 6.54 Å². The van der Waals surface area contributed by atoms with Crippen molar-refractivity contribution in [3.8, 4) is 0 Å². The van der Waals surface area contributed by atoms with E-state index >= 15 is 0 Å². The fraction of sp³-hybridized carbons (Fsp3) is 0.600. The summed E-state index contributed by atoms with van der Waals surface area (Å²) in [6.45, 7) is 0.771. The highest BCUT2D eigenvalue weighted by atomic mass is 16.3. The zero-order valence-corrected chi connectivity index (χ0v) is 14.7. The smallest absolute Gasteiger partial charge is 0.272 e. The van der Waals surface area contributed by atoms with E-state index in [0.717, 1.165) is 57.0 Å². The van der Waals surface area contributed by atoms with Gasteiger partial charge in [0.15, 0.2) is 0 Å². The average molecular weight is 341 g/mol. The molecule has 2 aromatic heterocycles. The molecule has 0 spiro atoms. The first-order chi connectivity index (χ1) is 12.1. The maximum absolute atomic E-state index is 13.1. The predicted octanol–water partition coefficient (Wildman–Crippen LogP) is 3.41. The lowest BCUT2D eigenvalue weighted by Gasteiger charge is -2.41. The molecule has 1 saturated carbocycles. The molecule has 1 saturated heterocycles. The van der Waals surface area contributed by atoms with Gasteiger partial charge in [0.1, 0.15) is 5.69 Å². The number of carbonyl (C=O) groups is 1. The molecule has 1 N–H and O–H groups in total. The van der Waals surface area contributed by atoms with Gasteiger partial charge in [0.2, 0.25) is 0 Å². The minimum Gasteiger partial charge on any atom is -0.390 e. The Balaban J connectivity index is 1.54. The highest BCUT2D eigenvalue weighted by Crippen LogP contribution is 2.35. The fourth-order valence-electron chi connectivity index (χ4n) is 4.53. The lowest BCUT2D eigenvalue weighted by Crippen LogP contribution is -2.48. The topological polar surface area (TPSA) is 57.8 Å². The van der Waals surface area contributed by atoms with Crippen LogP contribution in [0, 0.1) is 0 Å². The lowest BCUT2D eigenvalue weighted by atomic mass is 9.78. The Labute approximate surface area is 148 Å². The molecule has 1 amide bonds. The highest BCUT2D eigenvalue weighted by molar-refractivity contribution is 5.93. The molecule has 2 fully saturated rings. The van der Waals surface area contributed by atoms with Crippen molar-refractivity contribution in [1.29, 1.82) is 0 Å². The van der Waals surface area contributed by atoms with Crippen LogP contribution < -0.4 is 0 Å². The number of piperidine rings is 1. The number of fused-ring (bicyclic) bond motifs is 1. The summed E-state index contributed by atoms with van der Waals surface area (Å²) in [5, 5.41) is 11.0. The number of hydrogen-bond acceptors (Lipinski definition) is 3. The predicted molar refractivity (Wildman–Crippen MR) is 96.5 cm³/mol. The Morgan fingerprint density at radius 3 is 2.92 bits per heavy atom. The fourth-order valence-corrected chi connectivity index (χ4v) is 4.53. The van der Waals surface area contributed by atoms with Crippen LogP contribution in [0.15, 0.2) is 30.7 Å². The van der Waals surface area contributed by atoms with Gasteiger partial charge in [-0.3, -0.25) is 4.79 Å². The molecule has 0 radical (unpaired) electrons. The van der Waals surface area contributed by atoms with E-state index in [4.69, 9.17) is 0 Å². The summed E-state index contributed by atoms with van der Waals surface area (Å²) in [6.07, 6.45) is 12.7. The summed E-state index contributed by atoms with van der Waals surface area (Å²) in [4.78, 5) is 19.4. The van der Waals surface area contributed by atoms with Crippen LogP contribution in [0.25, 0.3) is 5.52 Å². The van der Waals surface area contributed by atoms with Crippen molar-refractivity contribution >= 4 is 11.4 Å². The second kappa shape index (κ2) is 6.79. The van der Waals surface area contributed by atoms with Crippen molar-refractivity contribution in [2.45, 2.75) is 69.4 Å². The molecule has 0 bridgehead atoms. The second-order valence-electron chi connectivity index (χ2n) is 7.75. The Hall–Kier alpha value is -1.88. The van der Waals surface area contributed by atoms with Crippen molar-refractivity contribution in [3.05, 3.63) is 36.4 Å². The van der Waals surface area contributed by atoms with Crippen LogP contribution in [0.5, 0.6) is 0 Å². The number of carbonyl (C=O) groups excluding carboxylic acids is 1. The van der Waals surface area contributed by atoms with E-state index in [1.54, 1.807) is 6.33 Å². The lowest BCUT2D eigenvalue weighted by molar-refractivity contribution is -0.0297. The van der Waals surface area contributed by atoms with Crippen LogP contribution >= 0.6 is 0 Å². The van der Waals surface area contributed by atoms with E-state index in [1.165, 1.54) is 6.42 Å². The molecule has 1 atom stereocenters. The first-order valence-electron chi connectivity index (χ1n) is 9.61. The number of hydrogen-bond donors (Lipinski definition) is 1. The summed E-state index contributed by atoms with van der Waals surface area (Å²) in [5.41, 5.74) is 0.907. The molecule has 1 aliphatic carbocycles. The molecule has 4 rings (SSSR count). The molecule has 1 aliphatic heterocycles. The maximum Gasteiger partial charge on any atom is 0.272 e. The van der Waals surface area contributed by atoms with Gasteiger partial charge in [-0.1, -0.05) is 19.3 Å². The van der Waals surface area contributed by atoms with Crippen LogP contribution in [-0.4, -0.2) is 43.5 Å². The first-order valence-corrected chi connectivity index (χ1v) is 9.61. The van der Waals surface area contributed by atoms with E-state index in [1.807, 2.05) is 33.7 Å². The number of likely N-dealkylation sites (tertiary alicyclic amines) is 1. The normalized spacial score (nSPS) is 23.7. The van der Waals surface area contributed by atoms with E-state index in [-0.39, 0.29) is 11.9 Å². The van der Waals surface area contributed by atoms with Crippen LogP contribution in [-0.2, 0) is 0 Å². The summed E-state index contributed by atoms with van der Waals surface area (Å²) in [7, 11) is 0. The van der Waals surface area contributed by atoms with Crippen LogP contribution in [0.3, 0.4) is 0 Å². The molecule has 3 heterocycles. The standard InChI is InChI=1S/C20H27N3O2/c24-19(18-13-16-8-6-11-22(16)15-21-18)23-12-5-2-7-17(23)14-20(25)9-3-1-4-10-20/h6,8,11,13,15,17,25H,1-5,7,9-10,12,14H2. The van der Waals surface area contributed by atoms with Gasteiger partial charge in [0.05, 0.1) is 11.9 Å². The molecule has 5 nitrogen and oxygen atoms in total. The van der Waals surface area contributed by atoms with Gasteiger partial charge in [-0.2, -0.15) is 0 Å². The Kier molecular flexibility index (Phi) is 4.50. The second-order valence-corrected chi connectivity index (χ2v) is 7.75. The Bertz CT molecular complexity index is 748.